The summed E-state index contributed by atoms with van der Waals surface area (Å²) in [5, 5.41) is 2.74. The Kier molecular flexibility index (Phi) is 5.49. The minimum absolute atomic E-state index is 0.0978. The van der Waals surface area contributed by atoms with Crippen molar-refractivity contribution in [1.82, 2.24) is 4.47 Å². The van der Waals surface area contributed by atoms with E-state index in [1.165, 1.54) is 26.3 Å². The minimum atomic E-state index is -3.66. The van der Waals surface area contributed by atoms with E-state index < -0.39 is 10.0 Å². The second-order valence-electron chi connectivity index (χ2n) is 5.91. The van der Waals surface area contributed by atoms with Crippen LogP contribution in [0.5, 0.6) is 0 Å². The second kappa shape index (κ2) is 6.55. The molecule has 0 aliphatic heterocycles. The van der Waals surface area contributed by atoms with Gasteiger partial charge in [0.2, 0.25) is 5.91 Å². The van der Waals surface area contributed by atoms with Gasteiger partial charge in [0, 0.05) is 19.2 Å². The fourth-order valence-corrected chi connectivity index (χ4v) is 2.62. The van der Waals surface area contributed by atoms with Gasteiger partial charge in [-0.05, 0) is 29.7 Å². The molecule has 0 aliphatic carbocycles. The Hall–Kier alpha value is -1.44. The van der Waals surface area contributed by atoms with E-state index in [2.05, 4.69) is 5.32 Å². The number of anilines is 1. The lowest BCUT2D eigenvalue weighted by molar-refractivity contribution is -0.117. The molecule has 0 fully saturated rings. The van der Waals surface area contributed by atoms with Gasteiger partial charge < -0.3 is 5.32 Å². The van der Waals surface area contributed by atoms with Gasteiger partial charge in [-0.1, -0.05) is 25.2 Å². The van der Waals surface area contributed by atoms with E-state index in [1.807, 2.05) is 20.8 Å². The second-order valence-corrected chi connectivity index (χ2v) is 7.84. The molecule has 1 aromatic rings. The zero-order valence-electron chi connectivity index (χ0n) is 13.0. The maximum atomic E-state index is 12.0. The van der Waals surface area contributed by atoms with Crippen molar-refractivity contribution >= 4 is 21.6 Å². The predicted octanol–water partition coefficient (Wildman–Crippen LogP) is 2.24. The SMILES string of the molecule is CON(C)S(=O)(=O)c1ccc(NC(=O)CC(C)(C)C)cc1. The predicted molar refractivity (Wildman–Crippen MR) is 81.1 cm³/mol. The third kappa shape index (κ3) is 5.11. The van der Waals surface area contributed by atoms with E-state index in [0.717, 1.165) is 4.47 Å². The Morgan fingerprint density at radius 1 is 1.24 bits per heavy atom. The van der Waals surface area contributed by atoms with E-state index >= 15 is 0 Å². The number of hydrogen-bond acceptors (Lipinski definition) is 4. The maximum absolute atomic E-state index is 12.0. The summed E-state index contributed by atoms with van der Waals surface area (Å²) >= 11 is 0. The van der Waals surface area contributed by atoms with Crippen molar-refractivity contribution in [3.63, 3.8) is 0 Å². The number of nitrogens with zero attached hydrogens (tertiary/aromatic N) is 1. The Bertz CT molecular complexity index is 588. The van der Waals surface area contributed by atoms with Crippen LogP contribution in [0.1, 0.15) is 27.2 Å². The Balaban J connectivity index is 2.82. The van der Waals surface area contributed by atoms with Crippen molar-refractivity contribution in [2.45, 2.75) is 32.1 Å². The number of carbonyl (C=O) groups excluding carboxylic acids is 1. The van der Waals surface area contributed by atoms with Crippen LogP contribution in [0.2, 0.25) is 0 Å². The van der Waals surface area contributed by atoms with Gasteiger partial charge in [-0.2, -0.15) is 0 Å². The van der Waals surface area contributed by atoms with Crippen LogP contribution >= 0.6 is 0 Å². The molecule has 0 aromatic heterocycles. The van der Waals surface area contributed by atoms with Gasteiger partial charge in [-0.15, -0.1) is 0 Å². The van der Waals surface area contributed by atoms with Crippen LogP contribution in [-0.2, 0) is 19.7 Å². The fraction of sp³-hybridized carbons (Fsp3) is 0.500. The van der Waals surface area contributed by atoms with E-state index in [-0.39, 0.29) is 16.2 Å². The molecule has 0 unspecified atom stereocenters. The Morgan fingerprint density at radius 3 is 2.19 bits per heavy atom. The molecule has 0 heterocycles. The summed E-state index contributed by atoms with van der Waals surface area (Å²) in [4.78, 5) is 16.6. The van der Waals surface area contributed by atoms with Crippen LogP contribution in [0.3, 0.4) is 0 Å². The van der Waals surface area contributed by atoms with Gasteiger partial charge in [0.05, 0.1) is 12.0 Å². The topological polar surface area (TPSA) is 75.7 Å². The zero-order chi connectivity index (χ0) is 16.3. The number of sulfonamides is 1. The molecule has 0 atom stereocenters. The first kappa shape index (κ1) is 17.6. The van der Waals surface area contributed by atoms with Gasteiger partial charge in [-0.3, -0.25) is 9.63 Å². The van der Waals surface area contributed by atoms with Crippen LogP contribution < -0.4 is 5.32 Å². The summed E-state index contributed by atoms with van der Waals surface area (Å²) in [6.45, 7) is 5.93. The van der Waals surface area contributed by atoms with Crippen molar-refractivity contribution < 1.29 is 18.0 Å². The van der Waals surface area contributed by atoms with Crippen LogP contribution in [-0.4, -0.2) is 33.0 Å². The number of carbonyl (C=O) groups is 1. The normalized spacial score (nSPS) is 12.5. The summed E-state index contributed by atoms with van der Waals surface area (Å²) in [7, 11) is -1.07. The highest BCUT2D eigenvalue weighted by Gasteiger charge is 2.21. The van der Waals surface area contributed by atoms with Gasteiger partial charge in [-0.25, -0.2) is 8.42 Å². The number of nitrogens with one attached hydrogen (secondary N) is 1. The van der Waals surface area contributed by atoms with Gasteiger partial charge >= 0.3 is 0 Å². The molecule has 1 aromatic carbocycles. The van der Waals surface area contributed by atoms with Gasteiger partial charge in [0.1, 0.15) is 0 Å². The molecule has 0 radical (unpaired) electrons. The van der Waals surface area contributed by atoms with Crippen LogP contribution in [0.4, 0.5) is 5.69 Å². The molecule has 118 valence electrons. The highest BCUT2D eigenvalue weighted by atomic mass is 32.2. The standard InChI is InChI=1S/C14H22N2O4S/c1-14(2,3)10-13(17)15-11-6-8-12(9-7-11)21(18,19)16(4)20-5/h6-9H,10H2,1-5H3,(H,15,17). The van der Waals surface area contributed by atoms with Gasteiger partial charge in [0.25, 0.3) is 10.0 Å². The van der Waals surface area contributed by atoms with E-state index in [4.69, 9.17) is 4.84 Å². The molecule has 7 heteroatoms. The van der Waals surface area contributed by atoms with Gasteiger partial charge in [0.15, 0.2) is 0 Å². The van der Waals surface area contributed by atoms with Crippen molar-refractivity contribution in [3.8, 4) is 0 Å². The molecular formula is C14H22N2O4S. The van der Waals surface area contributed by atoms with E-state index in [1.54, 1.807) is 12.1 Å². The van der Waals surface area contributed by atoms with Crippen molar-refractivity contribution in [2.24, 2.45) is 5.41 Å². The zero-order valence-corrected chi connectivity index (χ0v) is 13.8. The fourth-order valence-electron chi connectivity index (χ4n) is 1.64. The number of amides is 1. The average molecular weight is 314 g/mol. The van der Waals surface area contributed by atoms with Crippen LogP contribution in [0.15, 0.2) is 29.2 Å². The molecule has 21 heavy (non-hydrogen) atoms. The van der Waals surface area contributed by atoms with Crippen molar-refractivity contribution in [3.05, 3.63) is 24.3 Å². The third-order valence-electron chi connectivity index (χ3n) is 2.72. The lowest BCUT2D eigenvalue weighted by Crippen LogP contribution is -2.25. The lowest BCUT2D eigenvalue weighted by atomic mass is 9.92. The molecule has 1 N–H and O–H groups in total. The highest BCUT2D eigenvalue weighted by molar-refractivity contribution is 7.89. The Morgan fingerprint density at radius 2 is 1.76 bits per heavy atom. The first-order valence-corrected chi connectivity index (χ1v) is 7.93. The lowest BCUT2D eigenvalue weighted by Gasteiger charge is -2.17. The highest BCUT2D eigenvalue weighted by Crippen LogP contribution is 2.21. The quantitative estimate of drug-likeness (QED) is 0.846. The third-order valence-corrected chi connectivity index (χ3v) is 4.42. The van der Waals surface area contributed by atoms with Crippen molar-refractivity contribution in [2.75, 3.05) is 19.5 Å². The Labute approximate surface area is 126 Å². The molecule has 1 amide bonds. The maximum Gasteiger partial charge on any atom is 0.264 e. The molecule has 0 bridgehead atoms. The van der Waals surface area contributed by atoms with Crippen LogP contribution in [0.25, 0.3) is 0 Å². The summed E-state index contributed by atoms with van der Waals surface area (Å²) in [5.41, 5.74) is 0.456. The average Bonchev–Trinajstić information content (AvgIpc) is 2.36. The smallest absolute Gasteiger partial charge is 0.264 e. The number of rotatable bonds is 5. The molecule has 0 aliphatic rings. The van der Waals surface area contributed by atoms with E-state index in [0.29, 0.717) is 12.1 Å². The molecule has 0 saturated heterocycles. The molecule has 6 nitrogen and oxygen atoms in total. The van der Waals surface area contributed by atoms with Crippen molar-refractivity contribution in [1.29, 1.82) is 0 Å². The summed E-state index contributed by atoms with van der Waals surface area (Å²) in [6, 6.07) is 5.96. The number of benzene rings is 1. The summed E-state index contributed by atoms with van der Waals surface area (Å²) in [5.74, 6) is -0.105. The number of hydrogen-bond donors (Lipinski definition) is 1. The monoisotopic (exact) mass is 314 g/mol. The molecular weight excluding hydrogens is 292 g/mol. The minimum Gasteiger partial charge on any atom is -0.326 e. The molecule has 0 saturated carbocycles. The summed E-state index contributed by atoms with van der Waals surface area (Å²) < 4.78 is 24.8. The first-order valence-electron chi connectivity index (χ1n) is 6.49. The number of hydroxylamine groups is 1. The molecule has 1 rings (SSSR count). The van der Waals surface area contributed by atoms with E-state index in [9.17, 15) is 13.2 Å². The first-order chi connectivity index (χ1) is 9.56. The molecule has 0 spiro atoms. The summed E-state index contributed by atoms with van der Waals surface area (Å²) in [6.07, 6.45) is 0.388. The largest absolute Gasteiger partial charge is 0.326 e. The van der Waals surface area contributed by atoms with Crippen LogP contribution in [0, 0.1) is 5.41 Å².